The highest BCUT2D eigenvalue weighted by Gasteiger charge is 2.34. The molecule has 1 unspecified atom stereocenters. The van der Waals surface area contributed by atoms with Crippen LogP contribution < -0.4 is 14.4 Å². The number of hydrogen-bond donors (Lipinski definition) is 1. The largest absolute Gasteiger partial charge is 0.487 e. The third-order valence-corrected chi connectivity index (χ3v) is 6.61. The molecular formula is C21H26N2O4S2. The van der Waals surface area contributed by atoms with Gasteiger partial charge in [-0.2, -0.15) is 0 Å². The van der Waals surface area contributed by atoms with Crippen molar-refractivity contribution in [2.75, 3.05) is 23.4 Å². The van der Waals surface area contributed by atoms with E-state index in [4.69, 9.17) is 4.74 Å². The summed E-state index contributed by atoms with van der Waals surface area (Å²) in [5.74, 6) is 0.379. The van der Waals surface area contributed by atoms with Crippen molar-refractivity contribution in [2.24, 2.45) is 0 Å². The topological polar surface area (TPSA) is 75.7 Å². The van der Waals surface area contributed by atoms with Crippen LogP contribution in [0.1, 0.15) is 31.9 Å². The Morgan fingerprint density at radius 1 is 1.24 bits per heavy atom. The summed E-state index contributed by atoms with van der Waals surface area (Å²) in [7, 11) is -3.62. The molecule has 2 aromatic carbocycles. The van der Waals surface area contributed by atoms with Crippen molar-refractivity contribution in [1.82, 2.24) is 5.32 Å². The van der Waals surface area contributed by atoms with E-state index in [1.165, 1.54) is 11.8 Å². The Labute approximate surface area is 176 Å². The molecule has 6 nitrogen and oxygen atoms in total. The molecule has 0 bridgehead atoms. The zero-order chi connectivity index (χ0) is 21.2. The smallest absolute Gasteiger partial charge is 0.241 e. The molecule has 1 heterocycles. The molecule has 2 aromatic rings. The molecule has 0 aliphatic carbocycles. The van der Waals surface area contributed by atoms with E-state index < -0.39 is 15.6 Å². The maximum Gasteiger partial charge on any atom is 0.241 e. The third-order valence-electron chi connectivity index (χ3n) is 4.74. The van der Waals surface area contributed by atoms with Crippen molar-refractivity contribution in [3.63, 3.8) is 0 Å². The van der Waals surface area contributed by atoms with Crippen LogP contribution in [0.3, 0.4) is 0 Å². The molecule has 1 aliphatic heterocycles. The molecule has 0 aromatic heterocycles. The lowest BCUT2D eigenvalue weighted by Gasteiger charge is -2.38. The summed E-state index contributed by atoms with van der Waals surface area (Å²) in [5, 5.41) is 3.00. The summed E-state index contributed by atoms with van der Waals surface area (Å²) in [6, 6.07) is 14.5. The monoisotopic (exact) mass is 434 g/mol. The third kappa shape index (κ3) is 5.25. The molecule has 29 heavy (non-hydrogen) atoms. The van der Waals surface area contributed by atoms with Crippen molar-refractivity contribution >= 4 is 33.4 Å². The fraction of sp³-hybridized carbons (Fsp3) is 0.381. The number of carbonyl (C=O) groups is 1. The average Bonchev–Trinajstić information content (AvgIpc) is 2.64. The molecule has 0 fully saturated rings. The van der Waals surface area contributed by atoms with E-state index in [-0.39, 0.29) is 18.5 Å². The van der Waals surface area contributed by atoms with Gasteiger partial charge in [0, 0.05) is 16.9 Å². The minimum atomic E-state index is -3.62. The van der Waals surface area contributed by atoms with Gasteiger partial charge >= 0.3 is 0 Å². The number of nitrogens with zero attached hydrogens (tertiary/aromatic N) is 1. The van der Waals surface area contributed by atoms with Crippen LogP contribution >= 0.6 is 11.8 Å². The van der Waals surface area contributed by atoms with Crippen LogP contribution in [0.15, 0.2) is 53.4 Å². The molecule has 1 aliphatic rings. The first kappa shape index (κ1) is 21.5. The molecule has 0 saturated heterocycles. The van der Waals surface area contributed by atoms with Crippen LogP contribution in [-0.2, 0) is 14.8 Å². The number of thioether (sulfide) groups is 1. The van der Waals surface area contributed by atoms with Crippen molar-refractivity contribution in [3.8, 4) is 5.75 Å². The van der Waals surface area contributed by atoms with Gasteiger partial charge in [0.2, 0.25) is 15.9 Å². The zero-order valence-electron chi connectivity index (χ0n) is 17.0. The second-order valence-electron chi connectivity index (χ2n) is 7.69. The number of benzene rings is 2. The van der Waals surface area contributed by atoms with Gasteiger partial charge in [-0.05, 0) is 44.4 Å². The molecule has 1 N–H and O–H groups in total. The van der Waals surface area contributed by atoms with Gasteiger partial charge in [0.15, 0.2) is 0 Å². The van der Waals surface area contributed by atoms with Gasteiger partial charge in [-0.25, -0.2) is 8.42 Å². The summed E-state index contributed by atoms with van der Waals surface area (Å²) in [6.07, 6.45) is 3.62. The van der Waals surface area contributed by atoms with Crippen molar-refractivity contribution in [1.29, 1.82) is 0 Å². The number of amides is 1. The van der Waals surface area contributed by atoms with Crippen LogP contribution in [0.5, 0.6) is 5.75 Å². The van der Waals surface area contributed by atoms with Gasteiger partial charge in [-0.15, -0.1) is 11.8 Å². The van der Waals surface area contributed by atoms with Crippen LogP contribution in [0.25, 0.3) is 0 Å². The van der Waals surface area contributed by atoms with Gasteiger partial charge in [-0.1, -0.05) is 24.3 Å². The molecule has 3 rings (SSSR count). The number of fused-ring (bicyclic) bond motifs is 1. The Morgan fingerprint density at radius 2 is 1.97 bits per heavy atom. The molecule has 8 heteroatoms. The van der Waals surface area contributed by atoms with E-state index in [1.807, 2.05) is 50.4 Å². The van der Waals surface area contributed by atoms with E-state index in [1.54, 1.807) is 18.2 Å². The predicted octanol–water partition coefficient (Wildman–Crippen LogP) is 3.59. The molecule has 156 valence electrons. The highest BCUT2D eigenvalue weighted by atomic mass is 32.2. The molecule has 0 spiro atoms. The van der Waals surface area contributed by atoms with Gasteiger partial charge < -0.3 is 10.1 Å². The first-order chi connectivity index (χ1) is 13.6. The Kier molecular flexibility index (Phi) is 6.14. The van der Waals surface area contributed by atoms with Crippen molar-refractivity contribution in [2.45, 2.75) is 36.8 Å². The predicted molar refractivity (Wildman–Crippen MR) is 117 cm³/mol. The second-order valence-corrected chi connectivity index (χ2v) is 10.5. The summed E-state index contributed by atoms with van der Waals surface area (Å²) < 4.78 is 31.9. The number of anilines is 1. The number of ether oxygens (including phenoxy) is 1. The zero-order valence-corrected chi connectivity index (χ0v) is 18.6. The standard InChI is InChI=1S/C21H26N2O4S2/c1-21(2)13-18(17-10-5-6-11-19(17)27-21)22-20(24)14-23(29(4,25)26)15-8-7-9-16(12-15)28-3/h5-12,18H,13-14H2,1-4H3,(H,22,24). The van der Waals surface area contributed by atoms with E-state index in [2.05, 4.69) is 5.32 Å². The summed E-state index contributed by atoms with van der Waals surface area (Å²) in [6.45, 7) is 3.66. The Bertz CT molecular complexity index is 1010. The lowest BCUT2D eigenvalue weighted by atomic mass is 9.89. The first-order valence-corrected chi connectivity index (χ1v) is 12.4. The number of rotatable bonds is 6. The Balaban J connectivity index is 1.82. The molecule has 0 radical (unpaired) electrons. The van der Waals surface area contributed by atoms with E-state index in [0.29, 0.717) is 12.1 Å². The van der Waals surface area contributed by atoms with E-state index in [9.17, 15) is 13.2 Å². The number of carbonyl (C=O) groups excluding carboxylic acids is 1. The highest BCUT2D eigenvalue weighted by Crippen LogP contribution is 2.39. The minimum Gasteiger partial charge on any atom is -0.487 e. The maximum atomic E-state index is 12.9. The fourth-order valence-corrected chi connectivity index (χ4v) is 4.77. The molecular weight excluding hydrogens is 408 g/mol. The molecule has 1 amide bonds. The Hall–Kier alpha value is -2.19. The van der Waals surface area contributed by atoms with Gasteiger partial charge in [-0.3, -0.25) is 9.10 Å². The van der Waals surface area contributed by atoms with Crippen LogP contribution in [-0.4, -0.2) is 39.0 Å². The SMILES string of the molecule is CSc1cccc(N(CC(=O)NC2CC(C)(C)Oc3ccccc32)S(C)(=O)=O)c1. The van der Waals surface area contributed by atoms with Crippen molar-refractivity contribution in [3.05, 3.63) is 54.1 Å². The lowest BCUT2D eigenvalue weighted by Crippen LogP contribution is -2.45. The fourth-order valence-electron chi connectivity index (χ4n) is 3.47. The van der Waals surface area contributed by atoms with Crippen LogP contribution in [0, 0.1) is 0 Å². The number of nitrogens with one attached hydrogen (secondary N) is 1. The number of hydrogen-bond acceptors (Lipinski definition) is 5. The van der Waals surface area contributed by atoms with E-state index in [0.717, 1.165) is 26.8 Å². The lowest BCUT2D eigenvalue weighted by molar-refractivity contribution is -0.120. The Morgan fingerprint density at radius 3 is 2.66 bits per heavy atom. The number of sulfonamides is 1. The molecule has 1 atom stereocenters. The van der Waals surface area contributed by atoms with Gasteiger partial charge in [0.25, 0.3) is 0 Å². The summed E-state index contributed by atoms with van der Waals surface area (Å²) in [4.78, 5) is 13.8. The second kappa shape index (κ2) is 8.28. The minimum absolute atomic E-state index is 0.249. The highest BCUT2D eigenvalue weighted by molar-refractivity contribution is 7.98. The van der Waals surface area contributed by atoms with E-state index >= 15 is 0 Å². The average molecular weight is 435 g/mol. The first-order valence-electron chi connectivity index (χ1n) is 9.28. The van der Waals surface area contributed by atoms with Crippen molar-refractivity contribution < 1.29 is 17.9 Å². The van der Waals surface area contributed by atoms with Crippen LogP contribution in [0.2, 0.25) is 0 Å². The van der Waals surface area contributed by atoms with Crippen LogP contribution in [0.4, 0.5) is 5.69 Å². The van der Waals surface area contributed by atoms with Gasteiger partial charge in [0.1, 0.15) is 17.9 Å². The molecule has 0 saturated carbocycles. The quantitative estimate of drug-likeness (QED) is 0.703. The summed E-state index contributed by atoms with van der Waals surface area (Å²) in [5.41, 5.74) is 0.938. The normalized spacial score (nSPS) is 17.7. The maximum absolute atomic E-state index is 12.9. The number of para-hydroxylation sites is 1. The van der Waals surface area contributed by atoms with Gasteiger partial charge in [0.05, 0.1) is 18.0 Å². The summed E-state index contributed by atoms with van der Waals surface area (Å²) >= 11 is 1.51.